The number of aliphatic carboxylic acids is 1. The number of nitrogens with one attached hydrogen (secondary N) is 1. The Morgan fingerprint density at radius 2 is 2.18 bits per heavy atom. The molecule has 0 aromatic carbocycles. The molecule has 15 heteroatoms. The Morgan fingerprint density at radius 1 is 1.38 bits per heavy atom. The van der Waals surface area contributed by atoms with Crippen LogP contribution in [0.3, 0.4) is 0 Å². The summed E-state index contributed by atoms with van der Waals surface area (Å²) in [5, 5.41) is 17.5. The van der Waals surface area contributed by atoms with Crippen LogP contribution < -0.4 is 11.1 Å². The molecule has 178 valence electrons. The maximum atomic E-state index is 13.0. The second-order valence-electron chi connectivity index (χ2n) is 7.51. The second kappa shape index (κ2) is 8.65. The number of oxime groups is 1. The lowest BCUT2D eigenvalue weighted by Crippen LogP contribution is -2.71. The van der Waals surface area contributed by atoms with Gasteiger partial charge in [0.15, 0.2) is 10.8 Å². The Labute approximate surface area is 204 Å². The van der Waals surface area contributed by atoms with Gasteiger partial charge in [0.05, 0.1) is 16.1 Å². The van der Waals surface area contributed by atoms with Crippen molar-refractivity contribution >= 4 is 63.1 Å². The number of nitrogens with zero attached hydrogens (tertiary/aromatic N) is 4. The predicted molar refractivity (Wildman–Crippen MR) is 124 cm³/mol. The highest BCUT2D eigenvalue weighted by atomic mass is 32.2. The molecule has 0 aliphatic carbocycles. The summed E-state index contributed by atoms with van der Waals surface area (Å²) in [5.74, 6) is -2.07. The van der Waals surface area contributed by atoms with E-state index in [1.165, 1.54) is 35.1 Å². The van der Waals surface area contributed by atoms with Crippen LogP contribution in [0.5, 0.6) is 0 Å². The third-order valence-corrected chi connectivity index (χ3v) is 8.49. The first-order valence-corrected chi connectivity index (χ1v) is 12.7. The zero-order valence-corrected chi connectivity index (χ0v) is 20.2. The summed E-state index contributed by atoms with van der Waals surface area (Å²) in [6.07, 6.45) is -0.685. The SMILES string of the molecule is CO/N=C(\C(=O)N[C@@H]1C(=O)N2C(C(=O)O)=C(C3OC3c3scnc3C)CS[C@H]12)c1csc(N)n1. The minimum Gasteiger partial charge on any atom is -0.477 e. The van der Waals surface area contributed by atoms with Crippen LogP contribution in [-0.4, -0.2) is 73.9 Å². The number of carbonyl (C=O) groups excluding carboxylic acids is 2. The molecule has 12 nitrogen and oxygen atoms in total. The van der Waals surface area contributed by atoms with Gasteiger partial charge in [-0.1, -0.05) is 5.16 Å². The molecule has 2 amide bonds. The first kappa shape index (κ1) is 22.8. The highest BCUT2D eigenvalue weighted by molar-refractivity contribution is 8.00. The zero-order valence-electron chi connectivity index (χ0n) is 17.8. The summed E-state index contributed by atoms with van der Waals surface area (Å²) in [7, 11) is 1.28. The largest absolute Gasteiger partial charge is 0.477 e. The van der Waals surface area contributed by atoms with E-state index in [4.69, 9.17) is 15.3 Å². The van der Waals surface area contributed by atoms with Crippen molar-refractivity contribution in [2.45, 2.75) is 30.5 Å². The molecule has 0 spiro atoms. The number of thioether (sulfide) groups is 1. The number of anilines is 1. The zero-order chi connectivity index (χ0) is 24.1. The minimum atomic E-state index is -1.21. The van der Waals surface area contributed by atoms with Crippen molar-refractivity contribution in [3.8, 4) is 0 Å². The van der Waals surface area contributed by atoms with Crippen molar-refractivity contribution in [3.05, 3.63) is 38.4 Å². The molecule has 5 heterocycles. The molecule has 2 aromatic heterocycles. The predicted octanol–water partition coefficient (Wildman–Crippen LogP) is 0.719. The Morgan fingerprint density at radius 3 is 2.79 bits per heavy atom. The molecule has 5 rings (SSSR count). The Kier molecular flexibility index (Phi) is 5.79. The van der Waals surface area contributed by atoms with Crippen molar-refractivity contribution in [1.29, 1.82) is 0 Å². The highest BCUT2D eigenvalue weighted by Gasteiger charge is 2.57. The van der Waals surface area contributed by atoms with Gasteiger partial charge in [0.1, 0.15) is 42.1 Å². The summed E-state index contributed by atoms with van der Waals surface area (Å²) in [6, 6.07) is -0.925. The Balaban J connectivity index is 1.34. The Hall–Kier alpha value is -3.01. The van der Waals surface area contributed by atoms with Gasteiger partial charge in [-0.2, -0.15) is 0 Å². The number of fused-ring (bicyclic) bond motifs is 1. The van der Waals surface area contributed by atoms with E-state index in [1.54, 1.807) is 10.9 Å². The van der Waals surface area contributed by atoms with Gasteiger partial charge < -0.3 is 25.7 Å². The molecule has 4 N–H and O–H groups in total. The molecular formula is C19H18N6O6S3. The van der Waals surface area contributed by atoms with Crippen LogP contribution in [0.2, 0.25) is 0 Å². The van der Waals surface area contributed by atoms with E-state index < -0.39 is 35.3 Å². The fourth-order valence-corrected chi connectivity index (χ4v) is 6.72. The fraction of sp³-hybridized carbons (Fsp3) is 0.368. The molecule has 2 aromatic rings. The lowest BCUT2D eigenvalue weighted by molar-refractivity contribution is -0.150. The van der Waals surface area contributed by atoms with Gasteiger partial charge in [0.25, 0.3) is 11.8 Å². The number of nitrogen functional groups attached to an aromatic ring is 1. The highest BCUT2D eigenvalue weighted by Crippen LogP contribution is 2.51. The van der Waals surface area contributed by atoms with Gasteiger partial charge in [0.2, 0.25) is 0 Å². The standard InChI is InChI=1S/C19H18N6O6S3/c1-6-14(34-5-21-6)13-12(31-13)7-3-32-17-10(16(27)25(17)11(7)18(28)29)23-15(26)9(24-30-2)8-4-33-19(20)22-8/h4-5,10,12-13,17H,3H2,1-2H3,(H2,20,22)(H,23,26)(H,28,29)/b24-9-/t10-,12?,13?,17-/m1/s1. The number of aryl methyl sites for hydroxylation is 1. The van der Waals surface area contributed by atoms with E-state index in [9.17, 15) is 19.5 Å². The molecule has 3 aliphatic rings. The molecule has 0 bridgehead atoms. The molecule has 2 saturated heterocycles. The summed E-state index contributed by atoms with van der Waals surface area (Å²) >= 11 is 3.95. The van der Waals surface area contributed by atoms with Crippen LogP contribution in [0, 0.1) is 6.92 Å². The summed E-state index contributed by atoms with van der Waals surface area (Å²) in [4.78, 5) is 53.1. The van der Waals surface area contributed by atoms with Crippen LogP contribution in [0.15, 0.2) is 27.3 Å². The number of nitrogens with two attached hydrogens (primary N) is 1. The average molecular weight is 523 g/mol. The Bertz CT molecular complexity index is 1250. The molecule has 2 unspecified atom stereocenters. The topological polar surface area (TPSA) is 173 Å². The number of ether oxygens (including phenoxy) is 1. The van der Waals surface area contributed by atoms with Crippen LogP contribution in [0.4, 0.5) is 5.13 Å². The van der Waals surface area contributed by atoms with Crippen LogP contribution in [-0.2, 0) is 24.0 Å². The van der Waals surface area contributed by atoms with Gasteiger partial charge in [-0.25, -0.2) is 14.8 Å². The van der Waals surface area contributed by atoms with Gasteiger partial charge in [-0.3, -0.25) is 14.5 Å². The molecular weight excluding hydrogens is 504 g/mol. The number of carboxylic acids is 1. The number of carboxylic acid groups (broad SMARTS) is 1. The van der Waals surface area contributed by atoms with E-state index in [-0.39, 0.29) is 28.3 Å². The smallest absolute Gasteiger partial charge is 0.352 e. The summed E-state index contributed by atoms with van der Waals surface area (Å²) < 4.78 is 5.79. The minimum absolute atomic E-state index is 0.0908. The van der Waals surface area contributed by atoms with Gasteiger partial charge in [0, 0.05) is 16.7 Å². The van der Waals surface area contributed by atoms with E-state index in [0.29, 0.717) is 11.3 Å². The first-order valence-electron chi connectivity index (χ1n) is 9.91. The first-order chi connectivity index (χ1) is 16.3. The maximum Gasteiger partial charge on any atom is 0.352 e. The van der Waals surface area contributed by atoms with Crippen LogP contribution >= 0.6 is 34.4 Å². The van der Waals surface area contributed by atoms with Crippen LogP contribution in [0.1, 0.15) is 22.4 Å². The number of epoxide rings is 1. The second-order valence-corrected chi connectivity index (χ2v) is 10.4. The molecule has 0 radical (unpaired) electrons. The normalized spacial score (nSPS) is 26.1. The third-order valence-electron chi connectivity index (χ3n) is 5.53. The monoisotopic (exact) mass is 522 g/mol. The van der Waals surface area contributed by atoms with E-state index in [2.05, 4.69) is 20.4 Å². The lowest BCUT2D eigenvalue weighted by atomic mass is 10.00. The van der Waals surface area contributed by atoms with E-state index >= 15 is 0 Å². The number of aromatic nitrogens is 2. The number of amides is 2. The average Bonchev–Trinajstić information content (AvgIpc) is 3.28. The number of hydrogen-bond donors (Lipinski definition) is 3. The summed E-state index contributed by atoms with van der Waals surface area (Å²) in [6.45, 7) is 1.87. The van der Waals surface area contributed by atoms with Crippen molar-refractivity contribution in [2.24, 2.45) is 5.16 Å². The van der Waals surface area contributed by atoms with E-state index in [0.717, 1.165) is 21.9 Å². The number of rotatable bonds is 7. The maximum absolute atomic E-state index is 13.0. The quantitative estimate of drug-likeness (QED) is 0.203. The van der Waals surface area contributed by atoms with Crippen molar-refractivity contribution in [3.63, 3.8) is 0 Å². The molecule has 4 atom stereocenters. The number of hydrogen-bond acceptors (Lipinski definition) is 12. The van der Waals surface area contributed by atoms with Gasteiger partial charge >= 0.3 is 5.97 Å². The molecule has 34 heavy (non-hydrogen) atoms. The van der Waals surface area contributed by atoms with Crippen molar-refractivity contribution < 1.29 is 29.1 Å². The van der Waals surface area contributed by atoms with Gasteiger partial charge in [-0.15, -0.1) is 34.4 Å². The molecule has 2 fully saturated rings. The summed E-state index contributed by atoms with van der Waals surface area (Å²) in [5.41, 5.74) is 8.73. The fourth-order valence-electron chi connectivity index (χ4n) is 3.92. The molecule has 3 aliphatic heterocycles. The number of carbonyl (C=O) groups is 3. The van der Waals surface area contributed by atoms with Gasteiger partial charge in [-0.05, 0) is 6.92 Å². The number of β-lactam (4-membered cyclic amide) rings is 1. The lowest BCUT2D eigenvalue weighted by Gasteiger charge is -2.49. The third kappa shape index (κ3) is 3.73. The van der Waals surface area contributed by atoms with Crippen molar-refractivity contribution in [2.75, 3.05) is 18.6 Å². The molecule has 0 saturated carbocycles. The van der Waals surface area contributed by atoms with Crippen LogP contribution in [0.25, 0.3) is 0 Å². The number of thiazole rings is 2. The van der Waals surface area contributed by atoms with E-state index in [1.807, 2.05) is 6.92 Å². The van der Waals surface area contributed by atoms with Crippen molar-refractivity contribution in [1.82, 2.24) is 20.2 Å².